The Bertz CT molecular complexity index is 709. The molecule has 5 nitrogen and oxygen atoms in total. The van der Waals surface area contributed by atoms with Gasteiger partial charge in [-0.25, -0.2) is 4.68 Å². The van der Waals surface area contributed by atoms with Gasteiger partial charge >= 0.3 is 0 Å². The van der Waals surface area contributed by atoms with Crippen molar-refractivity contribution < 1.29 is 9.18 Å². The molecule has 23 heavy (non-hydrogen) atoms. The number of nitrogens with zero attached hydrogens (tertiary/aromatic N) is 2. The fourth-order valence-corrected chi connectivity index (χ4v) is 2.65. The summed E-state index contributed by atoms with van der Waals surface area (Å²) in [6.45, 7) is 7.77. The number of rotatable bonds is 5. The van der Waals surface area contributed by atoms with E-state index in [4.69, 9.17) is 0 Å². The molecule has 1 aromatic carbocycles. The second kappa shape index (κ2) is 6.91. The zero-order valence-electron chi connectivity index (χ0n) is 14.1. The van der Waals surface area contributed by atoms with Gasteiger partial charge in [-0.1, -0.05) is 32.0 Å². The monoisotopic (exact) mass is 318 g/mol. The van der Waals surface area contributed by atoms with Crippen LogP contribution >= 0.6 is 0 Å². The predicted octanol–water partition coefficient (Wildman–Crippen LogP) is 3.18. The van der Waals surface area contributed by atoms with Gasteiger partial charge in [0.05, 0.1) is 5.69 Å². The highest BCUT2D eigenvalue weighted by Crippen LogP contribution is 2.24. The lowest BCUT2D eigenvalue weighted by Crippen LogP contribution is -2.27. The van der Waals surface area contributed by atoms with Gasteiger partial charge in [-0.2, -0.15) is 9.49 Å². The van der Waals surface area contributed by atoms with E-state index in [1.54, 1.807) is 6.92 Å². The number of nitrogens with one attached hydrogen (secondary N) is 2. The molecule has 0 aliphatic carbocycles. The van der Waals surface area contributed by atoms with Crippen LogP contribution in [-0.4, -0.2) is 21.7 Å². The van der Waals surface area contributed by atoms with Crippen molar-refractivity contribution in [2.45, 2.75) is 39.8 Å². The molecule has 0 bridgehead atoms. The van der Waals surface area contributed by atoms with E-state index in [0.717, 1.165) is 10.2 Å². The van der Waals surface area contributed by atoms with Crippen LogP contribution in [0.25, 0.3) is 0 Å². The summed E-state index contributed by atoms with van der Waals surface area (Å²) in [6.07, 6.45) is 0. The number of carbonyl (C=O) groups excluding carboxylic acids is 1. The Kier molecular flexibility index (Phi) is 5.15. The highest BCUT2D eigenvalue weighted by molar-refractivity contribution is 6.05. The van der Waals surface area contributed by atoms with Gasteiger partial charge in [-0.05, 0) is 25.5 Å². The largest absolute Gasteiger partial charge is 0.321 e. The third-order valence-corrected chi connectivity index (χ3v) is 3.64. The summed E-state index contributed by atoms with van der Waals surface area (Å²) in [7, 11) is 1.47. The van der Waals surface area contributed by atoms with Crippen LogP contribution in [0.2, 0.25) is 0 Å². The summed E-state index contributed by atoms with van der Waals surface area (Å²) in [4.78, 5) is 12.4. The average molecular weight is 318 g/mol. The molecule has 1 atom stereocenters. The lowest BCUT2D eigenvalue weighted by molar-refractivity contribution is 0.102. The normalized spacial score (nSPS) is 12.5. The Morgan fingerprint density at radius 2 is 1.91 bits per heavy atom. The van der Waals surface area contributed by atoms with Crippen LogP contribution < -0.4 is 10.6 Å². The quantitative estimate of drug-likeness (QED) is 0.890. The number of anilines is 1. The molecule has 0 saturated heterocycles. The third kappa shape index (κ3) is 3.76. The van der Waals surface area contributed by atoms with E-state index >= 15 is 0 Å². The molecule has 0 saturated carbocycles. The third-order valence-electron chi connectivity index (χ3n) is 3.64. The second-order valence-electron chi connectivity index (χ2n) is 5.96. The van der Waals surface area contributed by atoms with Gasteiger partial charge in [-0.3, -0.25) is 4.79 Å². The summed E-state index contributed by atoms with van der Waals surface area (Å²) in [6, 6.07) is 7.89. The van der Waals surface area contributed by atoms with E-state index in [9.17, 15) is 9.18 Å². The van der Waals surface area contributed by atoms with Gasteiger partial charge in [0.15, 0.2) is 0 Å². The van der Waals surface area contributed by atoms with Crippen LogP contribution in [0, 0.1) is 12.9 Å². The molecule has 1 heterocycles. The molecular weight excluding hydrogens is 295 g/mol. The molecule has 0 fully saturated rings. The van der Waals surface area contributed by atoms with E-state index in [0.29, 0.717) is 17.4 Å². The SMILES string of the molecule is Cc1nn(C)c(F)c1C(=O)Nc1ccccc1C(C)NC(C)C. The molecular formula is C17H23FN4O. The topological polar surface area (TPSA) is 59.0 Å². The summed E-state index contributed by atoms with van der Waals surface area (Å²) in [5, 5.41) is 10.1. The first-order valence-electron chi connectivity index (χ1n) is 7.66. The number of para-hydroxylation sites is 1. The van der Waals surface area contributed by atoms with Crippen LogP contribution in [0.3, 0.4) is 0 Å². The minimum Gasteiger partial charge on any atom is -0.321 e. The molecule has 0 aliphatic heterocycles. The minimum atomic E-state index is -0.633. The van der Waals surface area contributed by atoms with Gasteiger partial charge in [0.25, 0.3) is 5.91 Å². The minimum absolute atomic E-state index is 0.0215. The smallest absolute Gasteiger partial charge is 0.262 e. The van der Waals surface area contributed by atoms with Gasteiger partial charge in [0, 0.05) is 24.8 Å². The molecule has 1 unspecified atom stereocenters. The number of aromatic nitrogens is 2. The predicted molar refractivity (Wildman–Crippen MR) is 89.0 cm³/mol. The van der Waals surface area contributed by atoms with Crippen LogP contribution in [0.5, 0.6) is 0 Å². The fourth-order valence-electron chi connectivity index (χ4n) is 2.65. The van der Waals surface area contributed by atoms with Crippen molar-refractivity contribution in [1.29, 1.82) is 0 Å². The molecule has 2 N–H and O–H groups in total. The van der Waals surface area contributed by atoms with Crippen molar-refractivity contribution in [3.63, 3.8) is 0 Å². The fraction of sp³-hybridized carbons (Fsp3) is 0.412. The number of hydrogen-bond acceptors (Lipinski definition) is 3. The maximum Gasteiger partial charge on any atom is 0.262 e. The molecule has 0 spiro atoms. The molecule has 124 valence electrons. The van der Waals surface area contributed by atoms with Crippen LogP contribution in [0.15, 0.2) is 24.3 Å². The lowest BCUT2D eigenvalue weighted by atomic mass is 10.0. The van der Waals surface area contributed by atoms with Crippen molar-refractivity contribution in [3.8, 4) is 0 Å². The van der Waals surface area contributed by atoms with E-state index < -0.39 is 11.9 Å². The Morgan fingerprint density at radius 1 is 1.26 bits per heavy atom. The maximum atomic E-state index is 14.0. The number of benzene rings is 1. The first kappa shape index (κ1) is 17.1. The highest BCUT2D eigenvalue weighted by atomic mass is 19.1. The van der Waals surface area contributed by atoms with Crippen molar-refractivity contribution in [1.82, 2.24) is 15.1 Å². The van der Waals surface area contributed by atoms with Crippen molar-refractivity contribution in [2.75, 3.05) is 5.32 Å². The second-order valence-corrected chi connectivity index (χ2v) is 5.96. The number of carbonyl (C=O) groups is 1. The van der Waals surface area contributed by atoms with E-state index in [-0.39, 0.29) is 11.6 Å². The van der Waals surface area contributed by atoms with Crippen molar-refractivity contribution in [3.05, 3.63) is 47.0 Å². The molecule has 0 radical (unpaired) electrons. The average Bonchev–Trinajstić information content (AvgIpc) is 2.71. The number of aryl methyl sites for hydroxylation is 2. The first-order valence-corrected chi connectivity index (χ1v) is 7.66. The molecule has 0 aliphatic rings. The molecule has 1 aromatic heterocycles. The van der Waals surface area contributed by atoms with Crippen LogP contribution in [0.1, 0.15) is 48.4 Å². The number of halogens is 1. The molecule has 6 heteroatoms. The van der Waals surface area contributed by atoms with E-state index in [1.807, 2.05) is 31.2 Å². The zero-order chi connectivity index (χ0) is 17.1. The van der Waals surface area contributed by atoms with Gasteiger partial charge in [0.1, 0.15) is 5.56 Å². The summed E-state index contributed by atoms with van der Waals surface area (Å²) >= 11 is 0. The molecule has 1 amide bonds. The van der Waals surface area contributed by atoms with E-state index in [2.05, 4.69) is 29.6 Å². The Morgan fingerprint density at radius 3 is 2.48 bits per heavy atom. The summed E-state index contributed by atoms with van der Waals surface area (Å²) in [5.74, 6) is -1.12. The van der Waals surface area contributed by atoms with Gasteiger partial charge in [0.2, 0.25) is 5.95 Å². The lowest BCUT2D eigenvalue weighted by Gasteiger charge is -2.20. The Labute approximate surface area is 135 Å². The van der Waals surface area contributed by atoms with Gasteiger partial charge < -0.3 is 10.6 Å². The first-order chi connectivity index (χ1) is 10.8. The van der Waals surface area contributed by atoms with Crippen molar-refractivity contribution in [2.24, 2.45) is 7.05 Å². The standard InChI is InChI=1S/C17H23FN4O/c1-10(2)19-11(3)13-8-6-7-9-14(13)20-17(23)15-12(4)21-22(5)16(15)18/h6-11,19H,1-5H3,(H,20,23). The van der Waals surface area contributed by atoms with Crippen molar-refractivity contribution >= 4 is 11.6 Å². The number of hydrogen-bond donors (Lipinski definition) is 2. The Hall–Kier alpha value is -2.21. The van der Waals surface area contributed by atoms with Crippen LogP contribution in [-0.2, 0) is 7.05 Å². The highest BCUT2D eigenvalue weighted by Gasteiger charge is 2.22. The summed E-state index contributed by atoms with van der Waals surface area (Å²) in [5.41, 5.74) is 1.97. The Balaban J connectivity index is 2.28. The molecule has 2 aromatic rings. The van der Waals surface area contributed by atoms with E-state index in [1.165, 1.54) is 7.05 Å². The molecule has 2 rings (SSSR count). The number of amides is 1. The van der Waals surface area contributed by atoms with Gasteiger partial charge in [-0.15, -0.1) is 0 Å². The summed E-state index contributed by atoms with van der Waals surface area (Å²) < 4.78 is 15.1. The zero-order valence-corrected chi connectivity index (χ0v) is 14.1. The maximum absolute atomic E-state index is 14.0. The van der Waals surface area contributed by atoms with Crippen LogP contribution in [0.4, 0.5) is 10.1 Å².